The van der Waals surface area contributed by atoms with Gasteiger partial charge in [0.15, 0.2) is 11.5 Å². The molecule has 28 heavy (non-hydrogen) atoms. The summed E-state index contributed by atoms with van der Waals surface area (Å²) in [5.41, 5.74) is 2.77. The van der Waals surface area contributed by atoms with Crippen molar-refractivity contribution in [1.82, 2.24) is 0 Å². The minimum atomic E-state index is 0.0484. The van der Waals surface area contributed by atoms with Crippen molar-refractivity contribution in [2.45, 2.75) is 52.4 Å². The Balaban J connectivity index is 0.000000292. The van der Waals surface area contributed by atoms with Crippen LogP contribution in [0.2, 0.25) is 0 Å². The standard InChI is InChI=1S/C13H20O3.C11H16O/c1-13(2,3)9-7-10(14-4)12(16-6)11(8-9)15-5;1-11(2,3)9-5-7-10(12-4)8-6-9/h7-8H,1-6H3;5-8H,1-4H3. The summed E-state index contributed by atoms with van der Waals surface area (Å²) in [7, 11) is 6.55. The van der Waals surface area contributed by atoms with Crippen molar-refractivity contribution in [2.75, 3.05) is 28.4 Å². The lowest BCUT2D eigenvalue weighted by Gasteiger charge is -2.22. The van der Waals surface area contributed by atoms with Crippen molar-refractivity contribution in [2.24, 2.45) is 0 Å². The van der Waals surface area contributed by atoms with Crippen molar-refractivity contribution >= 4 is 0 Å². The van der Waals surface area contributed by atoms with Gasteiger partial charge >= 0.3 is 0 Å². The Kier molecular flexibility index (Phi) is 8.22. The lowest BCUT2D eigenvalue weighted by molar-refractivity contribution is 0.322. The predicted octanol–water partition coefficient (Wildman–Crippen LogP) is 6.00. The van der Waals surface area contributed by atoms with Gasteiger partial charge in [0, 0.05) is 0 Å². The first-order chi connectivity index (χ1) is 13.0. The second-order valence-corrected chi connectivity index (χ2v) is 8.64. The molecule has 0 saturated heterocycles. The molecule has 0 amide bonds. The summed E-state index contributed by atoms with van der Waals surface area (Å²) in [4.78, 5) is 0. The highest BCUT2D eigenvalue weighted by Crippen LogP contribution is 2.41. The van der Waals surface area contributed by atoms with Gasteiger partial charge in [0.05, 0.1) is 28.4 Å². The van der Waals surface area contributed by atoms with Crippen LogP contribution in [0.4, 0.5) is 0 Å². The van der Waals surface area contributed by atoms with Gasteiger partial charge in [0.2, 0.25) is 5.75 Å². The highest BCUT2D eigenvalue weighted by molar-refractivity contribution is 5.55. The summed E-state index contributed by atoms with van der Waals surface area (Å²) >= 11 is 0. The van der Waals surface area contributed by atoms with E-state index in [4.69, 9.17) is 18.9 Å². The minimum Gasteiger partial charge on any atom is -0.497 e. The normalized spacial score (nSPS) is 11.2. The molecule has 156 valence electrons. The average molecular weight is 389 g/mol. The molecule has 0 aliphatic heterocycles. The molecule has 0 aliphatic carbocycles. The Hall–Kier alpha value is -2.36. The largest absolute Gasteiger partial charge is 0.497 e. The molecular weight excluding hydrogens is 352 g/mol. The third-order valence-electron chi connectivity index (χ3n) is 4.49. The zero-order valence-corrected chi connectivity index (χ0v) is 19.1. The Labute approximate surface area is 170 Å². The van der Waals surface area contributed by atoms with Crippen LogP contribution < -0.4 is 18.9 Å². The van der Waals surface area contributed by atoms with E-state index in [1.807, 2.05) is 24.3 Å². The smallest absolute Gasteiger partial charge is 0.203 e. The molecule has 0 saturated carbocycles. The Morgan fingerprint density at radius 1 is 0.536 bits per heavy atom. The van der Waals surface area contributed by atoms with Crippen LogP contribution in [0.25, 0.3) is 0 Å². The van der Waals surface area contributed by atoms with Crippen LogP contribution in [-0.2, 0) is 10.8 Å². The zero-order valence-electron chi connectivity index (χ0n) is 19.1. The quantitative estimate of drug-likeness (QED) is 0.643. The van der Waals surface area contributed by atoms with E-state index in [9.17, 15) is 0 Å². The maximum Gasteiger partial charge on any atom is 0.203 e. The van der Waals surface area contributed by atoms with Crippen molar-refractivity contribution in [3.05, 3.63) is 47.5 Å². The van der Waals surface area contributed by atoms with Crippen molar-refractivity contribution in [3.8, 4) is 23.0 Å². The Morgan fingerprint density at radius 3 is 1.25 bits per heavy atom. The molecule has 0 N–H and O–H groups in total. The molecule has 0 radical (unpaired) electrons. The van der Waals surface area contributed by atoms with Crippen LogP contribution in [0.15, 0.2) is 36.4 Å². The van der Waals surface area contributed by atoms with Crippen LogP contribution in [0.3, 0.4) is 0 Å². The van der Waals surface area contributed by atoms with Gasteiger partial charge in [-0.3, -0.25) is 0 Å². The summed E-state index contributed by atoms with van der Waals surface area (Å²) in [6.07, 6.45) is 0. The number of rotatable bonds is 4. The number of hydrogen-bond acceptors (Lipinski definition) is 4. The second-order valence-electron chi connectivity index (χ2n) is 8.64. The number of hydrogen-bond donors (Lipinski definition) is 0. The summed E-state index contributed by atoms with van der Waals surface area (Å²) < 4.78 is 21.0. The van der Waals surface area contributed by atoms with Gasteiger partial charge in [-0.15, -0.1) is 0 Å². The molecule has 0 fully saturated rings. The summed E-state index contributed by atoms with van der Waals surface area (Å²) in [6.45, 7) is 13.0. The van der Waals surface area contributed by atoms with Gasteiger partial charge in [0.25, 0.3) is 0 Å². The Morgan fingerprint density at radius 2 is 0.964 bits per heavy atom. The summed E-state index contributed by atoms with van der Waals surface area (Å²) in [5, 5.41) is 0. The summed E-state index contributed by atoms with van der Waals surface area (Å²) in [6, 6.07) is 12.2. The first kappa shape index (κ1) is 23.7. The van der Waals surface area contributed by atoms with Gasteiger partial charge in [-0.2, -0.15) is 0 Å². The van der Waals surface area contributed by atoms with Crippen LogP contribution in [0.1, 0.15) is 52.7 Å². The first-order valence-electron chi connectivity index (χ1n) is 9.43. The molecule has 0 bridgehead atoms. The van der Waals surface area contributed by atoms with E-state index in [2.05, 4.69) is 53.7 Å². The molecule has 0 spiro atoms. The first-order valence-corrected chi connectivity index (χ1v) is 9.43. The number of benzene rings is 2. The lowest BCUT2D eigenvalue weighted by Crippen LogP contribution is -2.11. The Bertz CT molecular complexity index is 710. The van der Waals surface area contributed by atoms with E-state index >= 15 is 0 Å². The molecule has 0 aromatic heterocycles. The molecule has 0 unspecified atom stereocenters. The third-order valence-corrected chi connectivity index (χ3v) is 4.49. The highest BCUT2D eigenvalue weighted by atomic mass is 16.5. The van der Waals surface area contributed by atoms with Crippen molar-refractivity contribution in [1.29, 1.82) is 0 Å². The molecule has 0 heterocycles. The van der Waals surface area contributed by atoms with Gasteiger partial charge in [-0.1, -0.05) is 53.7 Å². The minimum absolute atomic E-state index is 0.0484. The van der Waals surface area contributed by atoms with Crippen molar-refractivity contribution in [3.63, 3.8) is 0 Å². The fourth-order valence-corrected chi connectivity index (χ4v) is 2.61. The molecule has 2 aromatic rings. The highest BCUT2D eigenvalue weighted by Gasteiger charge is 2.20. The van der Waals surface area contributed by atoms with E-state index in [-0.39, 0.29) is 10.8 Å². The monoisotopic (exact) mass is 388 g/mol. The van der Waals surface area contributed by atoms with E-state index < -0.39 is 0 Å². The van der Waals surface area contributed by atoms with Gasteiger partial charge < -0.3 is 18.9 Å². The van der Waals surface area contributed by atoms with Gasteiger partial charge in [-0.25, -0.2) is 0 Å². The molecule has 2 rings (SSSR count). The molecule has 0 aliphatic rings. The summed E-state index contributed by atoms with van der Waals surface area (Å²) in [5.74, 6) is 2.96. The topological polar surface area (TPSA) is 36.9 Å². The maximum atomic E-state index is 5.31. The number of ether oxygens (including phenoxy) is 4. The van der Waals surface area contributed by atoms with Crippen molar-refractivity contribution < 1.29 is 18.9 Å². The molecule has 2 aromatic carbocycles. The van der Waals surface area contributed by atoms with Crippen LogP contribution >= 0.6 is 0 Å². The van der Waals surface area contributed by atoms with E-state index in [0.29, 0.717) is 17.2 Å². The fraction of sp³-hybridized carbons (Fsp3) is 0.500. The third kappa shape index (κ3) is 6.36. The second kappa shape index (κ2) is 9.72. The fourth-order valence-electron chi connectivity index (χ4n) is 2.61. The molecular formula is C24H36O4. The SMILES string of the molecule is COc1cc(C(C)(C)C)cc(OC)c1OC.COc1ccc(C(C)(C)C)cc1. The van der Waals surface area contributed by atoms with E-state index in [0.717, 1.165) is 11.3 Å². The molecule has 4 nitrogen and oxygen atoms in total. The molecule has 4 heteroatoms. The molecule has 0 atom stereocenters. The average Bonchev–Trinajstić information content (AvgIpc) is 2.65. The van der Waals surface area contributed by atoms with Gasteiger partial charge in [-0.05, 0) is 46.2 Å². The zero-order chi connectivity index (χ0) is 21.5. The van der Waals surface area contributed by atoms with Crippen LogP contribution in [-0.4, -0.2) is 28.4 Å². The lowest BCUT2D eigenvalue weighted by atomic mass is 9.86. The van der Waals surface area contributed by atoms with Crippen LogP contribution in [0.5, 0.6) is 23.0 Å². The predicted molar refractivity (Wildman–Crippen MR) is 116 cm³/mol. The van der Waals surface area contributed by atoms with Crippen LogP contribution in [0, 0.1) is 0 Å². The van der Waals surface area contributed by atoms with E-state index in [1.54, 1.807) is 28.4 Å². The number of methoxy groups -OCH3 is 4. The van der Waals surface area contributed by atoms with E-state index in [1.165, 1.54) is 5.56 Å². The maximum absolute atomic E-state index is 5.31. The van der Waals surface area contributed by atoms with Gasteiger partial charge in [0.1, 0.15) is 5.75 Å².